The second kappa shape index (κ2) is 10.4. The van der Waals surface area contributed by atoms with Crippen molar-refractivity contribution in [1.29, 1.82) is 0 Å². The minimum atomic E-state index is -0.253. The fraction of sp³-hybridized carbons (Fsp3) is 0.250. The summed E-state index contributed by atoms with van der Waals surface area (Å²) in [7, 11) is 1.61. The largest absolute Gasteiger partial charge is 0.497 e. The number of fused-ring (bicyclic) bond motifs is 1. The van der Waals surface area contributed by atoms with Gasteiger partial charge in [0, 0.05) is 16.7 Å². The maximum absolute atomic E-state index is 12.1. The second-order valence-corrected chi connectivity index (χ2v) is 7.93. The molecule has 0 unspecified atom stereocenters. The lowest BCUT2D eigenvalue weighted by Crippen LogP contribution is -2.32. The van der Waals surface area contributed by atoms with Gasteiger partial charge in [0.05, 0.1) is 13.7 Å². The van der Waals surface area contributed by atoms with Crippen LogP contribution in [-0.2, 0) is 4.79 Å². The summed E-state index contributed by atoms with van der Waals surface area (Å²) < 4.78 is 18.1. The highest BCUT2D eigenvalue weighted by Gasteiger charge is 2.12. The third kappa shape index (κ3) is 5.37. The zero-order chi connectivity index (χ0) is 24.1. The summed E-state index contributed by atoms with van der Waals surface area (Å²) in [6.07, 6.45) is 0. The van der Waals surface area contributed by atoms with Gasteiger partial charge in [-0.15, -0.1) is 15.3 Å². The normalized spacial score (nSPS) is 10.8. The molecule has 0 saturated carbocycles. The predicted octanol–water partition coefficient (Wildman–Crippen LogP) is 3.64. The number of hydrogen-bond acceptors (Lipinski definition) is 7. The molecule has 9 nitrogen and oxygen atoms in total. The smallest absolute Gasteiger partial charge is 0.258 e. The number of aromatic nitrogens is 4. The Kier molecular flexibility index (Phi) is 7.12. The number of nitrogens with one attached hydrogen (secondary N) is 1. The van der Waals surface area contributed by atoms with Crippen molar-refractivity contribution in [2.45, 2.75) is 13.8 Å². The van der Waals surface area contributed by atoms with Crippen LogP contribution in [0.2, 0.25) is 5.02 Å². The Bertz CT molecular complexity index is 1300. The summed E-state index contributed by atoms with van der Waals surface area (Å²) in [5.74, 6) is 2.01. The van der Waals surface area contributed by atoms with Crippen LogP contribution in [0.3, 0.4) is 0 Å². The molecule has 0 bridgehead atoms. The molecule has 1 N–H and O–H groups in total. The SMILES string of the molecule is COc1cccc(-c2nnc3ccc(OCCNC(=O)COc4cc(C)c(Cl)c(C)c4)nn23)c1. The average Bonchev–Trinajstić information content (AvgIpc) is 3.27. The van der Waals surface area contributed by atoms with Crippen molar-refractivity contribution >= 4 is 23.2 Å². The van der Waals surface area contributed by atoms with E-state index in [1.807, 2.05) is 38.1 Å². The third-order valence-corrected chi connectivity index (χ3v) is 5.62. The highest BCUT2D eigenvalue weighted by molar-refractivity contribution is 6.32. The first-order valence-electron chi connectivity index (χ1n) is 10.6. The van der Waals surface area contributed by atoms with Crippen LogP contribution in [0, 0.1) is 13.8 Å². The monoisotopic (exact) mass is 481 g/mol. The van der Waals surface area contributed by atoms with Crippen molar-refractivity contribution in [2.75, 3.05) is 26.9 Å². The summed E-state index contributed by atoms with van der Waals surface area (Å²) in [5.41, 5.74) is 3.20. The summed E-state index contributed by atoms with van der Waals surface area (Å²) in [5, 5.41) is 16.3. The molecule has 0 radical (unpaired) electrons. The average molecular weight is 482 g/mol. The minimum Gasteiger partial charge on any atom is -0.497 e. The molecule has 0 saturated heterocycles. The minimum absolute atomic E-state index is 0.102. The van der Waals surface area contributed by atoms with E-state index >= 15 is 0 Å². The van der Waals surface area contributed by atoms with E-state index in [1.165, 1.54) is 0 Å². The molecule has 34 heavy (non-hydrogen) atoms. The molecule has 2 heterocycles. The van der Waals surface area contributed by atoms with Crippen LogP contribution in [0.4, 0.5) is 0 Å². The molecular weight excluding hydrogens is 458 g/mol. The highest BCUT2D eigenvalue weighted by Crippen LogP contribution is 2.26. The Balaban J connectivity index is 1.30. The number of amides is 1. The number of nitrogens with zero attached hydrogens (tertiary/aromatic N) is 4. The fourth-order valence-corrected chi connectivity index (χ4v) is 3.44. The molecule has 176 valence electrons. The number of benzene rings is 2. The van der Waals surface area contributed by atoms with Gasteiger partial charge in [0.2, 0.25) is 5.88 Å². The van der Waals surface area contributed by atoms with E-state index in [1.54, 1.807) is 35.9 Å². The second-order valence-electron chi connectivity index (χ2n) is 7.56. The number of carbonyl (C=O) groups is 1. The lowest BCUT2D eigenvalue weighted by atomic mass is 10.1. The zero-order valence-corrected chi connectivity index (χ0v) is 19.8. The van der Waals surface area contributed by atoms with Gasteiger partial charge in [-0.1, -0.05) is 23.7 Å². The maximum Gasteiger partial charge on any atom is 0.258 e. The molecule has 4 aromatic rings. The quantitative estimate of drug-likeness (QED) is 0.364. The molecule has 2 aromatic heterocycles. The van der Waals surface area contributed by atoms with Crippen molar-refractivity contribution in [3.8, 4) is 28.8 Å². The molecular formula is C24H24ClN5O4. The van der Waals surface area contributed by atoms with Gasteiger partial charge >= 0.3 is 0 Å². The predicted molar refractivity (Wildman–Crippen MR) is 128 cm³/mol. The van der Waals surface area contributed by atoms with Crippen LogP contribution in [0.15, 0.2) is 48.5 Å². The Hall–Kier alpha value is -3.85. The highest BCUT2D eigenvalue weighted by atomic mass is 35.5. The molecule has 4 rings (SSSR count). The van der Waals surface area contributed by atoms with Gasteiger partial charge in [0.25, 0.3) is 5.91 Å². The van der Waals surface area contributed by atoms with E-state index in [4.69, 9.17) is 25.8 Å². The van der Waals surface area contributed by atoms with Crippen LogP contribution in [0.25, 0.3) is 17.0 Å². The topological polar surface area (TPSA) is 99.9 Å². The Morgan fingerprint density at radius 3 is 2.59 bits per heavy atom. The lowest BCUT2D eigenvalue weighted by Gasteiger charge is -2.11. The summed E-state index contributed by atoms with van der Waals surface area (Å²) >= 11 is 6.16. The molecule has 1 amide bonds. The van der Waals surface area contributed by atoms with Gasteiger partial charge in [-0.2, -0.15) is 4.52 Å². The van der Waals surface area contributed by atoms with E-state index < -0.39 is 0 Å². The number of carbonyl (C=O) groups excluding carboxylic acids is 1. The molecule has 0 spiro atoms. The summed E-state index contributed by atoms with van der Waals surface area (Å²) in [6.45, 7) is 4.22. The molecule has 0 aliphatic heterocycles. The van der Waals surface area contributed by atoms with Gasteiger partial charge in [-0.05, 0) is 55.3 Å². The molecule has 0 aliphatic rings. The van der Waals surface area contributed by atoms with Crippen molar-refractivity contribution < 1.29 is 19.0 Å². The Labute approximate surface area is 201 Å². The van der Waals surface area contributed by atoms with Crippen LogP contribution in [0.1, 0.15) is 11.1 Å². The number of halogens is 1. The van der Waals surface area contributed by atoms with E-state index in [-0.39, 0.29) is 19.1 Å². The summed E-state index contributed by atoms with van der Waals surface area (Å²) in [4.78, 5) is 12.1. The first-order valence-corrected chi connectivity index (χ1v) is 11.0. The number of ether oxygens (including phenoxy) is 3. The molecule has 0 fully saturated rings. The number of methoxy groups -OCH3 is 1. The van der Waals surface area contributed by atoms with Crippen molar-refractivity contribution in [2.24, 2.45) is 0 Å². The molecule has 0 aliphatic carbocycles. The van der Waals surface area contributed by atoms with Gasteiger partial charge in [-0.3, -0.25) is 4.79 Å². The first kappa shape index (κ1) is 23.3. The Morgan fingerprint density at radius 2 is 1.82 bits per heavy atom. The van der Waals surface area contributed by atoms with E-state index in [9.17, 15) is 4.79 Å². The van der Waals surface area contributed by atoms with Gasteiger partial charge < -0.3 is 19.5 Å². The van der Waals surface area contributed by atoms with E-state index in [0.717, 1.165) is 16.7 Å². The van der Waals surface area contributed by atoms with Crippen LogP contribution < -0.4 is 19.5 Å². The van der Waals surface area contributed by atoms with Crippen molar-refractivity contribution in [3.63, 3.8) is 0 Å². The van der Waals surface area contributed by atoms with Crippen LogP contribution in [-0.4, -0.2) is 52.6 Å². The van der Waals surface area contributed by atoms with E-state index in [2.05, 4.69) is 20.6 Å². The summed E-state index contributed by atoms with van der Waals surface area (Å²) in [6, 6.07) is 14.6. The van der Waals surface area contributed by atoms with Gasteiger partial charge in [-0.25, -0.2) is 0 Å². The van der Waals surface area contributed by atoms with Crippen LogP contribution >= 0.6 is 11.6 Å². The van der Waals surface area contributed by atoms with E-state index in [0.29, 0.717) is 40.4 Å². The van der Waals surface area contributed by atoms with Gasteiger partial charge in [0.1, 0.15) is 18.1 Å². The zero-order valence-electron chi connectivity index (χ0n) is 19.0. The standard InChI is InChI=1S/C24H24ClN5O4/c1-15-11-19(12-16(2)23(15)25)34-14-21(31)26-9-10-33-22-8-7-20-27-28-24(30(20)29-22)17-5-4-6-18(13-17)32-3/h4-8,11-13H,9-10,14H2,1-3H3,(H,26,31). The molecule has 0 atom stereocenters. The maximum atomic E-state index is 12.1. The first-order chi connectivity index (χ1) is 16.4. The van der Waals surface area contributed by atoms with Crippen molar-refractivity contribution in [3.05, 3.63) is 64.7 Å². The third-order valence-electron chi connectivity index (χ3n) is 5.02. The van der Waals surface area contributed by atoms with Crippen molar-refractivity contribution in [1.82, 2.24) is 25.1 Å². The van der Waals surface area contributed by atoms with Gasteiger partial charge in [0.15, 0.2) is 18.1 Å². The Morgan fingerprint density at radius 1 is 1.03 bits per heavy atom. The lowest BCUT2D eigenvalue weighted by molar-refractivity contribution is -0.123. The fourth-order valence-electron chi connectivity index (χ4n) is 3.33. The molecule has 2 aromatic carbocycles. The van der Waals surface area contributed by atoms with Crippen LogP contribution in [0.5, 0.6) is 17.4 Å². The molecule has 10 heteroatoms. The number of rotatable bonds is 9. The number of hydrogen-bond donors (Lipinski definition) is 1. The number of aryl methyl sites for hydroxylation is 2.